The van der Waals surface area contributed by atoms with E-state index in [1.807, 2.05) is 0 Å². The summed E-state index contributed by atoms with van der Waals surface area (Å²) in [7, 11) is 1.23. The molecule has 21 heavy (non-hydrogen) atoms. The van der Waals surface area contributed by atoms with E-state index < -0.39 is 17.6 Å². The van der Waals surface area contributed by atoms with E-state index in [0.717, 1.165) is 6.07 Å². The fraction of sp³-hybridized carbons (Fsp3) is 0.214. The Morgan fingerprint density at radius 1 is 1.29 bits per heavy atom. The third-order valence-corrected chi connectivity index (χ3v) is 3.30. The van der Waals surface area contributed by atoms with Gasteiger partial charge in [0.1, 0.15) is 27.7 Å². The Morgan fingerprint density at radius 2 is 1.95 bits per heavy atom. The Kier molecular flexibility index (Phi) is 4.13. The molecule has 110 valence electrons. The average molecular weight is 310 g/mol. The Morgan fingerprint density at radius 3 is 2.52 bits per heavy atom. The van der Waals surface area contributed by atoms with Gasteiger partial charge in [0.05, 0.1) is 12.7 Å². The fourth-order valence-electron chi connectivity index (χ4n) is 1.89. The number of ether oxygens (including phenoxy) is 1. The van der Waals surface area contributed by atoms with Gasteiger partial charge in [0.25, 0.3) is 0 Å². The van der Waals surface area contributed by atoms with E-state index >= 15 is 0 Å². The fourth-order valence-corrected chi connectivity index (χ4v) is 2.22. The van der Waals surface area contributed by atoms with Gasteiger partial charge < -0.3 is 9.72 Å². The number of carbonyl (C=O) groups excluding carboxylic acids is 1. The first kappa shape index (κ1) is 15.2. The van der Waals surface area contributed by atoms with Gasteiger partial charge in [0.2, 0.25) is 0 Å². The molecule has 0 amide bonds. The van der Waals surface area contributed by atoms with E-state index in [2.05, 4.69) is 14.7 Å². The monoisotopic (exact) mass is 310 g/mol. The van der Waals surface area contributed by atoms with Crippen molar-refractivity contribution in [2.75, 3.05) is 7.11 Å². The van der Waals surface area contributed by atoms with Crippen molar-refractivity contribution < 1.29 is 18.3 Å². The van der Waals surface area contributed by atoms with Crippen molar-refractivity contribution in [2.24, 2.45) is 0 Å². The van der Waals surface area contributed by atoms with Crippen LogP contribution >= 0.6 is 12.2 Å². The van der Waals surface area contributed by atoms with E-state index in [1.165, 1.54) is 20.1 Å². The lowest BCUT2D eigenvalue weighted by molar-refractivity contribution is 0.0598. The molecular weight excluding hydrogens is 298 g/mol. The molecule has 0 bridgehead atoms. The molecule has 1 N–H and O–H groups in total. The van der Waals surface area contributed by atoms with E-state index in [1.54, 1.807) is 6.92 Å². The van der Waals surface area contributed by atoms with Crippen LogP contribution in [0.3, 0.4) is 0 Å². The molecule has 4 nitrogen and oxygen atoms in total. The van der Waals surface area contributed by atoms with Crippen molar-refractivity contribution in [2.45, 2.75) is 13.8 Å². The van der Waals surface area contributed by atoms with Crippen LogP contribution in [0.1, 0.15) is 21.6 Å². The molecule has 7 heteroatoms. The van der Waals surface area contributed by atoms with Gasteiger partial charge in [-0.25, -0.2) is 18.6 Å². The predicted molar refractivity (Wildman–Crippen MR) is 75.6 cm³/mol. The molecule has 0 fully saturated rings. The summed E-state index contributed by atoms with van der Waals surface area (Å²) in [4.78, 5) is 18.4. The molecule has 0 aliphatic heterocycles. The zero-order valence-electron chi connectivity index (χ0n) is 11.6. The normalized spacial score (nSPS) is 10.5. The Balaban J connectivity index is 2.65. The number of nitrogens with one attached hydrogen (secondary N) is 1. The molecule has 2 aromatic rings. The van der Waals surface area contributed by atoms with Crippen molar-refractivity contribution in [3.8, 4) is 11.4 Å². The van der Waals surface area contributed by atoms with Gasteiger partial charge >= 0.3 is 5.97 Å². The first-order valence-corrected chi connectivity index (χ1v) is 6.41. The number of nitrogens with zero attached hydrogens (tertiary/aromatic N) is 1. The average Bonchev–Trinajstić information content (AvgIpc) is 2.41. The minimum Gasteiger partial charge on any atom is -0.465 e. The number of H-pyrrole nitrogens is 1. The first-order valence-electron chi connectivity index (χ1n) is 6.00. The molecule has 0 spiro atoms. The lowest BCUT2D eigenvalue weighted by Crippen LogP contribution is -2.09. The number of esters is 1. The number of hydrogen-bond acceptors (Lipinski definition) is 4. The second kappa shape index (κ2) is 5.69. The van der Waals surface area contributed by atoms with Crippen molar-refractivity contribution in [1.82, 2.24) is 9.97 Å². The SMILES string of the molecule is COC(=O)c1c(C)[nH]c(-c2cc(C)c(F)cc2F)nc1=S. The molecule has 2 rings (SSSR count). The summed E-state index contributed by atoms with van der Waals surface area (Å²) in [6.45, 7) is 3.12. The number of aromatic amines is 1. The van der Waals surface area contributed by atoms with Crippen molar-refractivity contribution >= 4 is 18.2 Å². The van der Waals surface area contributed by atoms with E-state index in [0.29, 0.717) is 5.69 Å². The van der Waals surface area contributed by atoms with Crippen LogP contribution in [0.25, 0.3) is 11.4 Å². The number of halogens is 2. The second-order valence-corrected chi connectivity index (χ2v) is 4.85. The van der Waals surface area contributed by atoms with Crippen LogP contribution in [0.4, 0.5) is 8.78 Å². The highest BCUT2D eigenvalue weighted by molar-refractivity contribution is 7.71. The summed E-state index contributed by atoms with van der Waals surface area (Å²) in [6.07, 6.45) is 0. The summed E-state index contributed by atoms with van der Waals surface area (Å²) in [5, 5.41) is 0. The van der Waals surface area contributed by atoms with Gasteiger partial charge in [0, 0.05) is 11.8 Å². The van der Waals surface area contributed by atoms with E-state index in [4.69, 9.17) is 12.2 Å². The molecule has 0 atom stereocenters. The number of rotatable bonds is 2. The second-order valence-electron chi connectivity index (χ2n) is 4.46. The Hall–Kier alpha value is -2.15. The summed E-state index contributed by atoms with van der Waals surface area (Å²) >= 11 is 5.04. The molecule has 1 heterocycles. The smallest absolute Gasteiger partial charge is 0.342 e. The minimum absolute atomic E-state index is 0.00511. The summed E-state index contributed by atoms with van der Waals surface area (Å²) < 4.78 is 31.8. The molecule has 0 saturated heterocycles. The predicted octanol–water partition coefficient (Wildman–Crippen LogP) is 3.49. The highest BCUT2D eigenvalue weighted by Crippen LogP contribution is 2.24. The van der Waals surface area contributed by atoms with Crippen LogP contribution < -0.4 is 0 Å². The topological polar surface area (TPSA) is 55.0 Å². The maximum Gasteiger partial charge on any atom is 0.342 e. The summed E-state index contributed by atoms with van der Waals surface area (Å²) in [5.74, 6) is -1.89. The number of hydrogen-bond donors (Lipinski definition) is 1. The minimum atomic E-state index is -0.763. The molecule has 0 aliphatic carbocycles. The van der Waals surface area contributed by atoms with Gasteiger partial charge in [0.15, 0.2) is 0 Å². The van der Waals surface area contributed by atoms with Crippen molar-refractivity contribution in [1.29, 1.82) is 0 Å². The van der Waals surface area contributed by atoms with Gasteiger partial charge in [-0.2, -0.15) is 0 Å². The number of aromatic nitrogens is 2. The lowest BCUT2D eigenvalue weighted by atomic mass is 10.1. The highest BCUT2D eigenvalue weighted by Gasteiger charge is 2.17. The number of benzene rings is 1. The molecule has 0 radical (unpaired) electrons. The van der Waals surface area contributed by atoms with Gasteiger partial charge in [-0.05, 0) is 25.5 Å². The maximum atomic E-state index is 13.9. The van der Waals surface area contributed by atoms with Gasteiger partial charge in [-0.1, -0.05) is 12.2 Å². The molecule has 1 aromatic heterocycles. The third kappa shape index (κ3) is 2.82. The number of methoxy groups -OCH3 is 1. The summed E-state index contributed by atoms with van der Waals surface area (Å²) in [6, 6.07) is 2.11. The van der Waals surface area contributed by atoms with Crippen LogP contribution in [0.2, 0.25) is 0 Å². The zero-order chi connectivity index (χ0) is 15.7. The highest BCUT2D eigenvalue weighted by atomic mass is 32.1. The van der Waals surface area contributed by atoms with Crippen LogP contribution in [0.5, 0.6) is 0 Å². The largest absolute Gasteiger partial charge is 0.465 e. The molecular formula is C14H12F2N2O2S. The molecule has 0 unspecified atom stereocenters. The molecule has 0 saturated carbocycles. The quantitative estimate of drug-likeness (QED) is 0.681. The summed E-state index contributed by atoms with van der Waals surface area (Å²) in [5.41, 5.74) is 0.885. The van der Waals surface area contributed by atoms with Crippen LogP contribution in [-0.2, 0) is 4.74 Å². The maximum absolute atomic E-state index is 13.9. The molecule has 1 aromatic carbocycles. The zero-order valence-corrected chi connectivity index (χ0v) is 12.4. The standard InChI is InChI=1S/C14H12F2N2O2S/c1-6-4-8(10(16)5-9(6)15)12-17-7(2)11(13(21)18-12)14(19)20-3/h4-5H,1-3H3,(H,17,18,21). The van der Waals surface area contributed by atoms with Crippen LogP contribution in [0.15, 0.2) is 12.1 Å². The van der Waals surface area contributed by atoms with Gasteiger partial charge in [-0.3, -0.25) is 0 Å². The first-order chi connectivity index (χ1) is 9.85. The number of carbonyl (C=O) groups is 1. The van der Waals surface area contributed by atoms with E-state index in [9.17, 15) is 13.6 Å². The van der Waals surface area contributed by atoms with Crippen LogP contribution in [0, 0.1) is 30.1 Å². The van der Waals surface area contributed by atoms with Crippen molar-refractivity contribution in [3.05, 3.63) is 45.2 Å². The molecule has 0 aliphatic rings. The number of aryl methyl sites for hydroxylation is 2. The van der Waals surface area contributed by atoms with Crippen molar-refractivity contribution in [3.63, 3.8) is 0 Å². The van der Waals surface area contributed by atoms with E-state index in [-0.39, 0.29) is 27.2 Å². The lowest BCUT2D eigenvalue weighted by Gasteiger charge is -2.09. The third-order valence-electron chi connectivity index (χ3n) is 3.00. The Labute approximate surface area is 124 Å². The Bertz CT molecular complexity index is 787. The van der Waals surface area contributed by atoms with Gasteiger partial charge in [-0.15, -0.1) is 0 Å². The van der Waals surface area contributed by atoms with Crippen LogP contribution in [-0.4, -0.2) is 23.0 Å².